The number of methoxy groups -OCH3 is 1. The molecule has 7 heteroatoms. The molecule has 2 N–H and O–H groups in total. The maximum absolute atomic E-state index is 11.6. The van der Waals surface area contributed by atoms with Gasteiger partial charge < -0.3 is 14.9 Å². The number of rotatable bonds is 5. The number of aliphatic hydroxyl groups excluding tert-OH is 1. The van der Waals surface area contributed by atoms with Crippen LogP contribution in [-0.4, -0.2) is 38.3 Å². The van der Waals surface area contributed by atoms with Crippen molar-refractivity contribution in [1.82, 2.24) is 15.0 Å². The standard InChI is InChI=1S/C20H21N3O4/c1-23-20-16(21-22-23)8-13(9-18(20)27-2)14(10-19(25)26)12-4-3-11-5-6-17(24)15(11)7-12/h3-4,7-9,14,17,24H,5-6,10H2,1-2H3,(H,25,26). The summed E-state index contributed by atoms with van der Waals surface area (Å²) < 4.78 is 7.14. The number of carbonyl (C=O) groups is 1. The van der Waals surface area contributed by atoms with Gasteiger partial charge in [-0.3, -0.25) is 4.79 Å². The molecule has 4 rings (SSSR count). The number of ether oxygens (including phenoxy) is 1. The van der Waals surface area contributed by atoms with Crippen LogP contribution in [0, 0.1) is 0 Å². The van der Waals surface area contributed by atoms with Crippen molar-refractivity contribution >= 4 is 17.0 Å². The molecule has 0 radical (unpaired) electrons. The van der Waals surface area contributed by atoms with E-state index in [1.54, 1.807) is 18.8 Å². The van der Waals surface area contributed by atoms with Gasteiger partial charge in [-0.15, -0.1) is 5.10 Å². The third kappa shape index (κ3) is 3.04. The van der Waals surface area contributed by atoms with Crippen LogP contribution in [0.4, 0.5) is 0 Å². The Morgan fingerprint density at radius 1 is 1.33 bits per heavy atom. The Hall–Kier alpha value is -2.93. The summed E-state index contributed by atoms with van der Waals surface area (Å²) in [7, 11) is 3.36. The number of hydrogen-bond acceptors (Lipinski definition) is 5. The lowest BCUT2D eigenvalue weighted by atomic mass is 9.86. The zero-order valence-corrected chi connectivity index (χ0v) is 15.2. The molecule has 1 heterocycles. The van der Waals surface area contributed by atoms with Gasteiger partial charge >= 0.3 is 5.97 Å². The molecule has 27 heavy (non-hydrogen) atoms. The second-order valence-electron chi connectivity index (χ2n) is 6.97. The van der Waals surface area contributed by atoms with Crippen molar-refractivity contribution in [2.75, 3.05) is 7.11 Å². The van der Waals surface area contributed by atoms with E-state index in [0.717, 1.165) is 34.2 Å². The highest BCUT2D eigenvalue weighted by Gasteiger charge is 2.25. The number of aryl methyl sites for hydroxylation is 2. The molecule has 1 aliphatic rings. The minimum atomic E-state index is -0.890. The molecule has 0 fully saturated rings. The number of aliphatic carboxylic acids is 1. The summed E-state index contributed by atoms with van der Waals surface area (Å²) in [4.78, 5) is 11.6. The molecule has 0 aliphatic heterocycles. The van der Waals surface area contributed by atoms with Crippen LogP contribution in [0.1, 0.15) is 47.1 Å². The maximum Gasteiger partial charge on any atom is 0.304 e. The molecule has 0 saturated carbocycles. The SMILES string of the molecule is COc1cc(C(CC(=O)O)c2ccc3c(c2)C(O)CC3)cc2nnn(C)c12. The van der Waals surface area contributed by atoms with E-state index in [1.807, 2.05) is 30.3 Å². The molecule has 2 atom stereocenters. The molecule has 0 saturated heterocycles. The van der Waals surface area contributed by atoms with Gasteiger partial charge in [0.25, 0.3) is 0 Å². The molecule has 3 aromatic rings. The first-order valence-corrected chi connectivity index (χ1v) is 8.88. The van der Waals surface area contributed by atoms with Crippen LogP contribution in [0.15, 0.2) is 30.3 Å². The number of nitrogens with zero attached hydrogens (tertiary/aromatic N) is 3. The summed E-state index contributed by atoms with van der Waals surface area (Å²) in [5.41, 5.74) is 5.11. The first kappa shape index (κ1) is 17.5. The predicted molar refractivity (Wildman–Crippen MR) is 98.9 cm³/mol. The van der Waals surface area contributed by atoms with E-state index in [0.29, 0.717) is 17.7 Å². The minimum absolute atomic E-state index is 0.0657. The minimum Gasteiger partial charge on any atom is -0.494 e. The normalized spacial score (nSPS) is 17.1. The molecular formula is C20H21N3O4. The van der Waals surface area contributed by atoms with Crippen molar-refractivity contribution in [2.24, 2.45) is 7.05 Å². The fraction of sp³-hybridized carbons (Fsp3) is 0.350. The van der Waals surface area contributed by atoms with E-state index in [-0.39, 0.29) is 12.3 Å². The van der Waals surface area contributed by atoms with Gasteiger partial charge in [-0.2, -0.15) is 0 Å². The average Bonchev–Trinajstić information content (AvgIpc) is 3.22. The Morgan fingerprint density at radius 2 is 2.15 bits per heavy atom. The summed E-state index contributed by atoms with van der Waals surface area (Å²) in [5.74, 6) is -0.660. The molecule has 1 aromatic heterocycles. The summed E-state index contributed by atoms with van der Waals surface area (Å²) in [5, 5.41) is 27.9. The number of aliphatic hydroxyl groups is 1. The lowest BCUT2D eigenvalue weighted by Gasteiger charge is -2.19. The molecule has 0 spiro atoms. The fourth-order valence-electron chi connectivity index (χ4n) is 3.95. The van der Waals surface area contributed by atoms with Crippen molar-refractivity contribution in [1.29, 1.82) is 0 Å². The van der Waals surface area contributed by atoms with Crippen LogP contribution in [0.3, 0.4) is 0 Å². The zero-order valence-electron chi connectivity index (χ0n) is 15.2. The summed E-state index contributed by atoms with van der Waals surface area (Å²) in [6.07, 6.45) is 1.01. The van der Waals surface area contributed by atoms with Gasteiger partial charge in [0, 0.05) is 13.0 Å². The van der Waals surface area contributed by atoms with Crippen molar-refractivity contribution in [3.05, 3.63) is 52.6 Å². The largest absolute Gasteiger partial charge is 0.494 e. The average molecular weight is 367 g/mol. The number of benzene rings is 2. The number of carboxylic acid groups (broad SMARTS) is 1. The highest BCUT2D eigenvalue weighted by Crippen LogP contribution is 2.38. The van der Waals surface area contributed by atoms with E-state index < -0.39 is 12.1 Å². The van der Waals surface area contributed by atoms with Crippen LogP contribution >= 0.6 is 0 Å². The second kappa shape index (κ2) is 6.66. The third-order valence-corrected chi connectivity index (χ3v) is 5.31. The summed E-state index contributed by atoms with van der Waals surface area (Å²) in [6.45, 7) is 0. The Balaban J connectivity index is 1.85. The van der Waals surface area contributed by atoms with E-state index >= 15 is 0 Å². The number of aromatic nitrogens is 3. The van der Waals surface area contributed by atoms with Gasteiger partial charge in [-0.25, -0.2) is 4.68 Å². The van der Waals surface area contributed by atoms with E-state index in [4.69, 9.17) is 4.74 Å². The monoisotopic (exact) mass is 367 g/mol. The zero-order chi connectivity index (χ0) is 19.1. The van der Waals surface area contributed by atoms with Gasteiger partial charge in [0.1, 0.15) is 16.8 Å². The molecule has 7 nitrogen and oxygen atoms in total. The summed E-state index contributed by atoms with van der Waals surface area (Å²) in [6, 6.07) is 9.60. The molecule has 0 bridgehead atoms. The first-order chi connectivity index (χ1) is 13.0. The smallest absolute Gasteiger partial charge is 0.304 e. The number of fused-ring (bicyclic) bond motifs is 2. The quantitative estimate of drug-likeness (QED) is 0.719. The predicted octanol–water partition coefficient (Wildman–Crippen LogP) is 2.56. The molecular weight excluding hydrogens is 346 g/mol. The third-order valence-electron chi connectivity index (χ3n) is 5.31. The Kier molecular flexibility index (Phi) is 4.31. The molecule has 0 amide bonds. The topological polar surface area (TPSA) is 97.5 Å². The van der Waals surface area contributed by atoms with Gasteiger partial charge in [0.2, 0.25) is 0 Å². The van der Waals surface area contributed by atoms with Gasteiger partial charge in [-0.1, -0.05) is 23.4 Å². The van der Waals surface area contributed by atoms with Crippen LogP contribution < -0.4 is 4.74 Å². The van der Waals surface area contributed by atoms with Crippen molar-refractivity contribution in [2.45, 2.75) is 31.3 Å². The van der Waals surface area contributed by atoms with Crippen LogP contribution in [0.2, 0.25) is 0 Å². The van der Waals surface area contributed by atoms with E-state index in [1.165, 1.54) is 0 Å². The molecule has 2 unspecified atom stereocenters. The van der Waals surface area contributed by atoms with Crippen molar-refractivity contribution in [3.8, 4) is 5.75 Å². The van der Waals surface area contributed by atoms with Gasteiger partial charge in [0.15, 0.2) is 0 Å². The lowest BCUT2D eigenvalue weighted by molar-refractivity contribution is -0.137. The summed E-state index contributed by atoms with van der Waals surface area (Å²) >= 11 is 0. The van der Waals surface area contributed by atoms with Crippen LogP contribution in [0.5, 0.6) is 5.75 Å². The lowest BCUT2D eigenvalue weighted by Crippen LogP contribution is -2.09. The first-order valence-electron chi connectivity index (χ1n) is 8.88. The van der Waals surface area contributed by atoms with Gasteiger partial charge in [-0.05, 0) is 47.2 Å². The van der Waals surface area contributed by atoms with Crippen LogP contribution in [0.25, 0.3) is 11.0 Å². The highest BCUT2D eigenvalue weighted by atomic mass is 16.5. The van der Waals surface area contributed by atoms with E-state index in [2.05, 4.69) is 10.3 Å². The van der Waals surface area contributed by atoms with Crippen molar-refractivity contribution < 1.29 is 19.7 Å². The fourth-order valence-corrected chi connectivity index (χ4v) is 3.95. The molecule has 2 aromatic carbocycles. The molecule has 140 valence electrons. The molecule has 1 aliphatic carbocycles. The highest BCUT2D eigenvalue weighted by molar-refractivity contribution is 5.83. The second-order valence-corrected chi connectivity index (χ2v) is 6.97. The van der Waals surface area contributed by atoms with Crippen molar-refractivity contribution in [3.63, 3.8) is 0 Å². The maximum atomic E-state index is 11.6. The van der Waals surface area contributed by atoms with Gasteiger partial charge in [0.05, 0.1) is 19.6 Å². The Bertz CT molecular complexity index is 1030. The number of hydrogen-bond donors (Lipinski definition) is 2. The Labute approximate surface area is 156 Å². The van der Waals surface area contributed by atoms with Crippen LogP contribution in [-0.2, 0) is 18.3 Å². The number of carboxylic acids is 1. The van der Waals surface area contributed by atoms with E-state index in [9.17, 15) is 15.0 Å². The Morgan fingerprint density at radius 3 is 2.89 bits per heavy atom.